The van der Waals surface area contributed by atoms with Crippen LogP contribution in [-0.4, -0.2) is 0 Å². The maximum atomic E-state index is 3.44. The van der Waals surface area contributed by atoms with Gasteiger partial charge in [-0.15, -0.1) is 0 Å². The first kappa shape index (κ1) is 9.73. The Hall–Kier alpha value is 1.64. The molecular weight excluding hydrogens is 486 g/mol. The van der Waals surface area contributed by atoms with Crippen molar-refractivity contribution in [1.29, 1.82) is 0 Å². The second kappa shape index (κ2) is 4.04. The Balaban J connectivity index is 3.28. The van der Waals surface area contributed by atoms with Crippen molar-refractivity contribution >= 4 is 77.0 Å². The topological polar surface area (TPSA) is 0 Å². The lowest BCUT2D eigenvalue weighted by molar-refractivity contribution is 1.50. The molecule has 0 nitrogen and oxygen atoms in total. The Morgan fingerprint density at radius 1 is 0.900 bits per heavy atom. The van der Waals surface area contributed by atoms with Crippen LogP contribution >= 0.6 is 77.0 Å². The van der Waals surface area contributed by atoms with E-state index >= 15 is 0 Å². The van der Waals surface area contributed by atoms with E-state index in [4.69, 9.17) is 0 Å². The monoisotopic (exact) mass is 486 g/mol. The molecule has 0 radical (unpaired) electrons. The lowest BCUT2D eigenvalue weighted by Crippen LogP contribution is -1.78. The van der Waals surface area contributed by atoms with Gasteiger partial charge in [-0.25, -0.2) is 0 Å². The predicted octanol–water partition coefficient (Wildman–Crippen LogP) is 4.42. The van der Waals surface area contributed by atoms with Crippen molar-refractivity contribution in [1.82, 2.24) is 0 Å². The van der Waals surface area contributed by atoms with Gasteiger partial charge in [-0.1, -0.05) is 0 Å². The van der Waals surface area contributed by atoms with Crippen molar-refractivity contribution in [3.05, 3.63) is 28.2 Å². The van der Waals surface area contributed by atoms with Crippen LogP contribution in [0.1, 0.15) is 0 Å². The normalized spacial score (nSPS) is 10.0. The highest BCUT2D eigenvalue weighted by Crippen LogP contribution is 2.27. The summed E-state index contributed by atoms with van der Waals surface area (Å²) in [4.78, 5) is 0. The van der Waals surface area contributed by atoms with Crippen LogP contribution in [0.25, 0.3) is 0 Å². The first-order chi connectivity index (χ1) is 4.61. The SMILES string of the molecule is Brc1cc(Br)c(I)cc1I. The van der Waals surface area contributed by atoms with E-state index in [2.05, 4.69) is 89.2 Å². The van der Waals surface area contributed by atoms with Gasteiger partial charge in [-0.3, -0.25) is 0 Å². The van der Waals surface area contributed by atoms with Gasteiger partial charge in [-0.2, -0.15) is 0 Å². The molecule has 0 heterocycles. The van der Waals surface area contributed by atoms with Gasteiger partial charge in [-0.05, 0) is 89.2 Å². The minimum atomic E-state index is 1.14. The average Bonchev–Trinajstić information content (AvgIpc) is 1.84. The lowest BCUT2D eigenvalue weighted by Gasteiger charge is -1.98. The van der Waals surface area contributed by atoms with Crippen molar-refractivity contribution in [2.24, 2.45) is 0 Å². The highest BCUT2D eigenvalue weighted by atomic mass is 127. The van der Waals surface area contributed by atoms with Gasteiger partial charge in [0.05, 0.1) is 0 Å². The van der Waals surface area contributed by atoms with Gasteiger partial charge >= 0.3 is 0 Å². The molecule has 0 N–H and O–H groups in total. The summed E-state index contributed by atoms with van der Waals surface area (Å²) in [7, 11) is 0. The molecule has 0 aliphatic heterocycles. The van der Waals surface area contributed by atoms with Crippen LogP contribution in [0.15, 0.2) is 21.1 Å². The largest absolute Gasteiger partial charge is 0.0496 e. The maximum absolute atomic E-state index is 3.44. The van der Waals surface area contributed by atoms with Crippen LogP contribution in [0, 0.1) is 7.14 Å². The van der Waals surface area contributed by atoms with Crippen LogP contribution in [0.4, 0.5) is 0 Å². The summed E-state index contributed by atoms with van der Waals surface area (Å²) in [5.74, 6) is 0. The Labute approximate surface area is 104 Å². The molecule has 54 valence electrons. The molecule has 1 rings (SSSR count). The van der Waals surface area contributed by atoms with E-state index in [1.807, 2.05) is 0 Å². The van der Waals surface area contributed by atoms with Crippen LogP contribution < -0.4 is 0 Å². The van der Waals surface area contributed by atoms with E-state index in [9.17, 15) is 0 Å². The predicted molar refractivity (Wildman–Crippen MR) is 67.3 cm³/mol. The number of hydrogen-bond acceptors (Lipinski definition) is 0. The van der Waals surface area contributed by atoms with Crippen LogP contribution in [0.2, 0.25) is 0 Å². The lowest BCUT2D eigenvalue weighted by atomic mass is 10.4. The van der Waals surface area contributed by atoms with E-state index < -0.39 is 0 Å². The molecule has 10 heavy (non-hydrogen) atoms. The Bertz CT molecular complexity index is 210. The molecular formula is C6H2Br2I2. The van der Waals surface area contributed by atoms with Crippen molar-refractivity contribution in [3.8, 4) is 0 Å². The van der Waals surface area contributed by atoms with Crippen LogP contribution in [0.5, 0.6) is 0 Å². The smallest absolute Gasteiger partial charge is 0.0320 e. The van der Waals surface area contributed by atoms with Crippen molar-refractivity contribution in [2.45, 2.75) is 0 Å². The molecule has 0 aromatic heterocycles. The molecule has 0 aliphatic carbocycles. The second-order valence-electron chi connectivity index (χ2n) is 1.68. The first-order valence-electron chi connectivity index (χ1n) is 2.41. The third-order valence-electron chi connectivity index (χ3n) is 0.963. The highest BCUT2D eigenvalue weighted by Gasteiger charge is 2.00. The summed E-state index contributed by atoms with van der Waals surface area (Å²) in [6.07, 6.45) is 0. The fourth-order valence-electron chi connectivity index (χ4n) is 0.498. The van der Waals surface area contributed by atoms with E-state index in [0.29, 0.717) is 0 Å². The zero-order valence-corrected chi connectivity index (χ0v) is 12.2. The van der Waals surface area contributed by atoms with Gasteiger partial charge in [0.1, 0.15) is 0 Å². The molecule has 0 spiro atoms. The second-order valence-corrected chi connectivity index (χ2v) is 5.71. The van der Waals surface area contributed by atoms with Gasteiger partial charge in [0.25, 0.3) is 0 Å². The standard InChI is InChI=1S/C6H2Br2I2/c7-3-1-4(8)6(10)2-5(3)9/h1-2H. The number of rotatable bonds is 0. The molecule has 4 heteroatoms. The Morgan fingerprint density at radius 2 is 1.30 bits per heavy atom. The van der Waals surface area contributed by atoms with Gasteiger partial charge in [0.2, 0.25) is 0 Å². The van der Waals surface area contributed by atoms with E-state index in [0.717, 1.165) is 8.95 Å². The molecule has 0 unspecified atom stereocenters. The quantitative estimate of drug-likeness (QED) is 0.375. The molecule has 0 amide bonds. The molecule has 0 saturated heterocycles. The van der Waals surface area contributed by atoms with E-state index in [1.165, 1.54) is 7.14 Å². The van der Waals surface area contributed by atoms with Gasteiger partial charge < -0.3 is 0 Å². The van der Waals surface area contributed by atoms with Crippen LogP contribution in [0.3, 0.4) is 0 Å². The van der Waals surface area contributed by atoms with E-state index in [-0.39, 0.29) is 0 Å². The zero-order chi connectivity index (χ0) is 7.72. The van der Waals surface area contributed by atoms with Gasteiger partial charge in [0.15, 0.2) is 0 Å². The third-order valence-corrected chi connectivity index (χ3v) is 5.54. The fourth-order valence-corrected chi connectivity index (χ4v) is 3.02. The summed E-state index contributed by atoms with van der Waals surface area (Å²) >= 11 is 11.5. The van der Waals surface area contributed by atoms with E-state index in [1.54, 1.807) is 0 Å². The summed E-state index contributed by atoms with van der Waals surface area (Å²) in [5.41, 5.74) is 0. The molecule has 0 aliphatic rings. The van der Waals surface area contributed by atoms with Gasteiger partial charge in [0, 0.05) is 16.1 Å². The third kappa shape index (κ3) is 2.31. The Kier molecular flexibility index (Phi) is 3.93. The summed E-state index contributed by atoms with van der Waals surface area (Å²) in [5, 5.41) is 0. The number of hydrogen-bond donors (Lipinski definition) is 0. The number of halogens is 4. The molecule has 0 bridgehead atoms. The minimum Gasteiger partial charge on any atom is -0.0496 e. The summed E-state index contributed by atoms with van der Waals surface area (Å²) in [6.45, 7) is 0. The van der Waals surface area contributed by atoms with Crippen molar-refractivity contribution < 1.29 is 0 Å². The van der Waals surface area contributed by atoms with Crippen molar-refractivity contribution in [3.63, 3.8) is 0 Å². The average molecular weight is 488 g/mol. The molecule has 1 aromatic carbocycles. The summed E-state index contributed by atoms with van der Waals surface area (Å²) < 4.78 is 4.76. The molecule has 0 saturated carbocycles. The van der Waals surface area contributed by atoms with Crippen LogP contribution in [-0.2, 0) is 0 Å². The molecule has 1 aromatic rings. The fraction of sp³-hybridized carbons (Fsp3) is 0. The number of benzene rings is 1. The summed E-state index contributed by atoms with van der Waals surface area (Å²) in [6, 6.07) is 4.18. The molecule has 0 fully saturated rings. The van der Waals surface area contributed by atoms with Crippen molar-refractivity contribution in [2.75, 3.05) is 0 Å². The highest BCUT2D eigenvalue weighted by molar-refractivity contribution is 14.1. The first-order valence-corrected chi connectivity index (χ1v) is 6.15. The maximum Gasteiger partial charge on any atom is 0.0320 e. The minimum absolute atomic E-state index is 1.14. The molecule has 0 atom stereocenters. The zero-order valence-electron chi connectivity index (χ0n) is 4.67. The Morgan fingerprint density at radius 3 is 1.60 bits per heavy atom.